The van der Waals surface area contributed by atoms with E-state index in [-0.39, 0.29) is 0 Å². The van der Waals surface area contributed by atoms with Crippen molar-refractivity contribution in [1.29, 1.82) is 0 Å². The first-order chi connectivity index (χ1) is 12.7. The minimum Gasteiger partial charge on any atom is -0.497 e. The number of aryl methyl sites for hydroxylation is 1. The average Bonchev–Trinajstić information content (AvgIpc) is 2.93. The highest BCUT2D eigenvalue weighted by atomic mass is 16.5. The largest absolute Gasteiger partial charge is 0.497 e. The Bertz CT molecular complexity index is 758. The third-order valence-electron chi connectivity index (χ3n) is 5.57. The molecule has 0 amide bonds. The Hall–Kier alpha value is -2.01. The van der Waals surface area contributed by atoms with E-state index in [4.69, 9.17) is 4.74 Å². The van der Waals surface area contributed by atoms with Gasteiger partial charge in [0.25, 0.3) is 0 Å². The van der Waals surface area contributed by atoms with Crippen molar-refractivity contribution < 1.29 is 14.6 Å². The first kappa shape index (κ1) is 18.8. The predicted molar refractivity (Wildman–Crippen MR) is 104 cm³/mol. The number of fused-ring (bicyclic) bond motifs is 1. The van der Waals surface area contributed by atoms with E-state index in [1.807, 2.05) is 29.7 Å². The first-order valence-corrected chi connectivity index (χ1v) is 9.81. The molecule has 142 valence electrons. The van der Waals surface area contributed by atoms with E-state index in [9.17, 15) is 9.90 Å². The van der Waals surface area contributed by atoms with Gasteiger partial charge in [0.15, 0.2) is 0 Å². The van der Waals surface area contributed by atoms with Crippen molar-refractivity contribution in [3.05, 3.63) is 29.5 Å². The Morgan fingerprint density at radius 2 is 1.92 bits per heavy atom. The quantitative estimate of drug-likeness (QED) is 0.794. The van der Waals surface area contributed by atoms with Gasteiger partial charge in [0, 0.05) is 36.1 Å². The molecule has 1 aromatic carbocycles. The van der Waals surface area contributed by atoms with Crippen LogP contribution >= 0.6 is 0 Å². The molecule has 0 radical (unpaired) electrons. The van der Waals surface area contributed by atoms with Gasteiger partial charge in [-0.1, -0.05) is 32.1 Å². The predicted octanol–water partition coefficient (Wildman–Crippen LogP) is 4.57. The lowest BCUT2D eigenvalue weighted by Gasteiger charge is -2.21. The SMILES string of the molecule is CCn1c(C(=O)O)c(CNC2CCCCCCC2)c2ccc(OC)cc21. The maximum atomic E-state index is 12.0. The average molecular weight is 358 g/mol. The number of nitrogens with zero attached hydrogens (tertiary/aromatic N) is 1. The van der Waals surface area contributed by atoms with Crippen LogP contribution in [-0.4, -0.2) is 28.8 Å². The standard InChI is InChI=1S/C21H30N2O3/c1-3-23-19-13-16(26-2)11-12-17(19)18(20(23)21(24)25)14-22-15-9-7-5-4-6-8-10-15/h11-13,15,22H,3-10,14H2,1-2H3,(H,24,25). The molecule has 0 aliphatic heterocycles. The number of hydrogen-bond acceptors (Lipinski definition) is 3. The normalized spacial score (nSPS) is 16.4. The second kappa shape index (κ2) is 8.58. The zero-order chi connectivity index (χ0) is 18.5. The van der Waals surface area contributed by atoms with Crippen LogP contribution < -0.4 is 10.1 Å². The minimum absolute atomic E-state index is 0.397. The van der Waals surface area contributed by atoms with E-state index < -0.39 is 5.97 Å². The van der Waals surface area contributed by atoms with Crippen molar-refractivity contribution in [1.82, 2.24) is 9.88 Å². The Kier molecular flexibility index (Phi) is 6.20. The van der Waals surface area contributed by atoms with Crippen LogP contribution in [0.4, 0.5) is 0 Å². The number of hydrogen-bond donors (Lipinski definition) is 2. The van der Waals surface area contributed by atoms with Gasteiger partial charge in [-0.2, -0.15) is 0 Å². The lowest BCUT2D eigenvalue weighted by atomic mass is 9.96. The van der Waals surface area contributed by atoms with Gasteiger partial charge in [-0.05, 0) is 31.9 Å². The second-order valence-electron chi connectivity index (χ2n) is 7.18. The molecule has 1 aromatic heterocycles. The number of carboxylic acid groups (broad SMARTS) is 1. The highest BCUT2D eigenvalue weighted by Gasteiger charge is 2.22. The summed E-state index contributed by atoms with van der Waals surface area (Å²) in [4.78, 5) is 12.0. The maximum Gasteiger partial charge on any atom is 0.352 e. The molecule has 0 spiro atoms. The molecule has 1 aliphatic rings. The molecule has 0 unspecified atom stereocenters. The number of rotatable bonds is 6. The summed E-state index contributed by atoms with van der Waals surface area (Å²) in [6, 6.07) is 6.31. The molecule has 2 aromatic rings. The van der Waals surface area contributed by atoms with E-state index in [0.717, 1.165) is 22.2 Å². The monoisotopic (exact) mass is 358 g/mol. The smallest absolute Gasteiger partial charge is 0.352 e. The maximum absolute atomic E-state index is 12.0. The van der Waals surface area contributed by atoms with Gasteiger partial charge in [-0.3, -0.25) is 0 Å². The summed E-state index contributed by atoms with van der Waals surface area (Å²) >= 11 is 0. The molecule has 1 fully saturated rings. The zero-order valence-electron chi connectivity index (χ0n) is 15.9. The molecule has 1 saturated carbocycles. The summed E-state index contributed by atoms with van der Waals surface area (Å²) in [5.74, 6) is -0.113. The third-order valence-corrected chi connectivity index (χ3v) is 5.57. The van der Waals surface area contributed by atoms with Gasteiger partial charge in [0.1, 0.15) is 11.4 Å². The summed E-state index contributed by atoms with van der Waals surface area (Å²) in [7, 11) is 1.63. The van der Waals surface area contributed by atoms with E-state index >= 15 is 0 Å². The van der Waals surface area contributed by atoms with E-state index in [2.05, 4.69) is 5.32 Å². The number of aromatic nitrogens is 1. The molecule has 0 bridgehead atoms. The number of ether oxygens (including phenoxy) is 1. The van der Waals surface area contributed by atoms with Crippen LogP contribution in [0.25, 0.3) is 10.9 Å². The molecule has 26 heavy (non-hydrogen) atoms. The van der Waals surface area contributed by atoms with Crippen LogP contribution in [0, 0.1) is 0 Å². The molecule has 5 heteroatoms. The van der Waals surface area contributed by atoms with Crippen molar-refractivity contribution >= 4 is 16.9 Å². The van der Waals surface area contributed by atoms with Gasteiger partial charge in [0.05, 0.1) is 12.6 Å². The van der Waals surface area contributed by atoms with Crippen LogP contribution in [-0.2, 0) is 13.1 Å². The number of carboxylic acids is 1. The number of benzene rings is 1. The van der Waals surface area contributed by atoms with E-state index in [1.54, 1.807) is 7.11 Å². The van der Waals surface area contributed by atoms with Gasteiger partial charge in [0.2, 0.25) is 0 Å². The highest BCUT2D eigenvalue weighted by Crippen LogP contribution is 2.30. The molecule has 1 aliphatic carbocycles. The summed E-state index contributed by atoms with van der Waals surface area (Å²) in [6.45, 7) is 3.20. The van der Waals surface area contributed by atoms with Gasteiger partial charge in [-0.15, -0.1) is 0 Å². The van der Waals surface area contributed by atoms with Crippen molar-refractivity contribution in [2.75, 3.05) is 7.11 Å². The van der Waals surface area contributed by atoms with Crippen molar-refractivity contribution in [3.8, 4) is 5.75 Å². The lowest BCUT2D eigenvalue weighted by molar-refractivity contribution is 0.0684. The van der Waals surface area contributed by atoms with Crippen molar-refractivity contribution in [2.24, 2.45) is 0 Å². The fourth-order valence-corrected chi connectivity index (χ4v) is 4.19. The Balaban J connectivity index is 1.92. The Labute approximate surface area is 155 Å². The van der Waals surface area contributed by atoms with Crippen LogP contribution in [0.5, 0.6) is 5.75 Å². The van der Waals surface area contributed by atoms with Gasteiger partial charge >= 0.3 is 5.97 Å². The number of aromatic carboxylic acids is 1. The molecule has 3 rings (SSSR count). The fraction of sp³-hybridized carbons (Fsp3) is 0.571. The number of nitrogens with one attached hydrogen (secondary N) is 1. The van der Waals surface area contributed by atoms with Crippen LogP contribution in [0.2, 0.25) is 0 Å². The summed E-state index contributed by atoms with van der Waals surface area (Å²) < 4.78 is 7.22. The summed E-state index contributed by atoms with van der Waals surface area (Å²) in [5.41, 5.74) is 2.21. The van der Waals surface area contributed by atoms with Crippen molar-refractivity contribution in [3.63, 3.8) is 0 Å². The molecular formula is C21H30N2O3. The van der Waals surface area contributed by atoms with Crippen molar-refractivity contribution in [2.45, 2.75) is 71.0 Å². The lowest BCUT2D eigenvalue weighted by Crippen LogP contribution is -2.30. The van der Waals surface area contributed by atoms with Crippen LogP contribution in [0.15, 0.2) is 18.2 Å². The Morgan fingerprint density at radius 1 is 1.23 bits per heavy atom. The molecule has 0 saturated heterocycles. The van der Waals surface area contributed by atoms with Gasteiger partial charge in [-0.25, -0.2) is 4.79 Å². The zero-order valence-corrected chi connectivity index (χ0v) is 15.9. The number of carbonyl (C=O) groups is 1. The molecular weight excluding hydrogens is 328 g/mol. The molecule has 0 atom stereocenters. The van der Waals surface area contributed by atoms with Gasteiger partial charge < -0.3 is 19.7 Å². The first-order valence-electron chi connectivity index (χ1n) is 9.81. The second-order valence-corrected chi connectivity index (χ2v) is 7.18. The molecule has 5 nitrogen and oxygen atoms in total. The Morgan fingerprint density at radius 3 is 2.54 bits per heavy atom. The van der Waals surface area contributed by atoms with E-state index in [1.165, 1.54) is 44.9 Å². The highest BCUT2D eigenvalue weighted by molar-refractivity contribution is 5.98. The molecule has 1 heterocycles. The summed E-state index contributed by atoms with van der Waals surface area (Å²) in [5, 5.41) is 14.5. The summed E-state index contributed by atoms with van der Waals surface area (Å²) in [6.07, 6.45) is 8.86. The topological polar surface area (TPSA) is 63.5 Å². The van der Waals surface area contributed by atoms with Crippen LogP contribution in [0.3, 0.4) is 0 Å². The number of methoxy groups -OCH3 is 1. The van der Waals surface area contributed by atoms with E-state index in [0.29, 0.717) is 24.8 Å². The minimum atomic E-state index is -0.864. The van der Waals surface area contributed by atoms with Crippen LogP contribution in [0.1, 0.15) is 67.9 Å². The molecule has 2 N–H and O–H groups in total. The third kappa shape index (κ3) is 3.88. The fourth-order valence-electron chi connectivity index (χ4n) is 4.19.